The monoisotopic (exact) mass is 279 g/mol. The Balaban J connectivity index is 1.73. The Bertz CT molecular complexity index is 828. The molecule has 1 aliphatic rings. The number of rotatable bonds is 2. The van der Waals surface area contributed by atoms with E-state index in [0.717, 1.165) is 47.2 Å². The van der Waals surface area contributed by atoms with Crippen LogP contribution in [0.5, 0.6) is 0 Å². The molecule has 0 fully saturated rings. The second-order valence-electron chi connectivity index (χ2n) is 5.78. The summed E-state index contributed by atoms with van der Waals surface area (Å²) in [5.41, 5.74) is 4.23. The first-order valence-electron chi connectivity index (χ1n) is 7.36. The zero-order valence-electron chi connectivity index (χ0n) is 12.0. The van der Waals surface area contributed by atoms with E-state index in [4.69, 9.17) is 0 Å². The van der Waals surface area contributed by atoms with E-state index in [1.54, 1.807) is 6.33 Å². The van der Waals surface area contributed by atoms with E-state index in [9.17, 15) is 4.79 Å². The van der Waals surface area contributed by atoms with E-state index in [-0.39, 0.29) is 11.8 Å². The van der Waals surface area contributed by atoms with Crippen molar-refractivity contribution in [3.05, 3.63) is 53.7 Å². The Morgan fingerprint density at radius 1 is 1.38 bits per heavy atom. The maximum atomic E-state index is 12.9. The van der Waals surface area contributed by atoms with Crippen molar-refractivity contribution in [1.29, 1.82) is 0 Å². The summed E-state index contributed by atoms with van der Waals surface area (Å²) in [4.78, 5) is 20.3. The summed E-state index contributed by atoms with van der Waals surface area (Å²) in [7, 11) is 0. The fourth-order valence-electron chi connectivity index (χ4n) is 3.30. The lowest BCUT2D eigenvalue weighted by atomic mass is 9.92. The molecule has 0 saturated carbocycles. The number of aryl methyl sites for hydroxylation is 2. The molecule has 0 unspecified atom stereocenters. The molecule has 2 aromatic heterocycles. The average molecular weight is 279 g/mol. The van der Waals surface area contributed by atoms with Gasteiger partial charge in [-0.3, -0.25) is 9.36 Å². The lowest BCUT2D eigenvalue weighted by molar-refractivity contribution is 0.0808. The van der Waals surface area contributed by atoms with Gasteiger partial charge < -0.3 is 4.98 Å². The summed E-state index contributed by atoms with van der Waals surface area (Å²) < 4.78 is 1.91. The lowest BCUT2D eigenvalue weighted by Crippen LogP contribution is -2.30. The molecule has 106 valence electrons. The number of carbonyl (C=O) groups excluding carboxylic acids is 1. The van der Waals surface area contributed by atoms with Crippen molar-refractivity contribution >= 4 is 16.8 Å². The number of nitrogens with zero attached hydrogens (tertiary/aromatic N) is 2. The molecular weight excluding hydrogens is 262 g/mol. The molecule has 3 heterocycles. The van der Waals surface area contributed by atoms with Crippen LogP contribution in [-0.4, -0.2) is 20.4 Å². The fourth-order valence-corrected chi connectivity index (χ4v) is 3.30. The Hall–Kier alpha value is -2.36. The van der Waals surface area contributed by atoms with Crippen LogP contribution in [-0.2, 0) is 12.8 Å². The molecule has 4 heteroatoms. The molecule has 0 radical (unpaired) electrons. The predicted octanol–water partition coefficient (Wildman–Crippen LogP) is 3.12. The molecular formula is C17H17N3O. The first kappa shape index (κ1) is 12.4. The number of nitrogens with one attached hydrogen (secondary N) is 1. The van der Waals surface area contributed by atoms with Crippen LogP contribution in [0.15, 0.2) is 36.7 Å². The zero-order valence-corrected chi connectivity index (χ0v) is 12.0. The normalized spacial score (nSPS) is 18.1. The van der Waals surface area contributed by atoms with Crippen LogP contribution in [0.3, 0.4) is 0 Å². The zero-order chi connectivity index (χ0) is 14.4. The minimum Gasteiger partial charge on any atom is -0.348 e. The minimum atomic E-state index is 0.0234. The number of para-hydroxylation sites is 1. The van der Waals surface area contributed by atoms with Crippen molar-refractivity contribution in [2.75, 3.05) is 0 Å². The number of hydrogen-bond acceptors (Lipinski definition) is 2. The molecule has 4 nitrogen and oxygen atoms in total. The van der Waals surface area contributed by atoms with Gasteiger partial charge in [0.1, 0.15) is 0 Å². The molecule has 0 aliphatic carbocycles. The van der Waals surface area contributed by atoms with E-state index >= 15 is 0 Å². The predicted molar refractivity (Wildman–Crippen MR) is 81.4 cm³/mol. The number of imidazole rings is 1. The minimum absolute atomic E-state index is 0.0234. The lowest BCUT2D eigenvalue weighted by Gasteiger charge is -2.23. The summed E-state index contributed by atoms with van der Waals surface area (Å²) in [6.45, 7) is 2.01. The number of aromatic amines is 1. The van der Waals surface area contributed by atoms with Gasteiger partial charge in [0.15, 0.2) is 0 Å². The molecule has 0 amide bonds. The molecule has 3 aromatic rings. The van der Waals surface area contributed by atoms with Gasteiger partial charge in [0.2, 0.25) is 5.91 Å². The third-order valence-electron chi connectivity index (χ3n) is 4.48. The number of fused-ring (bicyclic) bond motifs is 3. The summed E-state index contributed by atoms with van der Waals surface area (Å²) in [6.07, 6.45) is 4.28. The third kappa shape index (κ3) is 1.90. The molecule has 0 saturated heterocycles. The molecule has 21 heavy (non-hydrogen) atoms. The summed E-state index contributed by atoms with van der Waals surface area (Å²) in [6, 6.07) is 10.2. The maximum absolute atomic E-state index is 12.9. The second kappa shape index (κ2) is 4.58. The third-order valence-corrected chi connectivity index (χ3v) is 4.48. The topological polar surface area (TPSA) is 50.7 Å². The molecule has 1 aliphatic heterocycles. The van der Waals surface area contributed by atoms with Gasteiger partial charge in [0.25, 0.3) is 0 Å². The highest BCUT2D eigenvalue weighted by Gasteiger charge is 2.29. The highest BCUT2D eigenvalue weighted by molar-refractivity contribution is 5.95. The Morgan fingerprint density at radius 2 is 2.24 bits per heavy atom. The van der Waals surface area contributed by atoms with Crippen molar-refractivity contribution in [2.45, 2.75) is 26.2 Å². The molecule has 0 bridgehead atoms. The summed E-state index contributed by atoms with van der Waals surface area (Å²) >= 11 is 0. The van der Waals surface area contributed by atoms with Crippen molar-refractivity contribution < 1.29 is 4.79 Å². The van der Waals surface area contributed by atoms with Crippen LogP contribution in [0.1, 0.15) is 28.3 Å². The van der Waals surface area contributed by atoms with Gasteiger partial charge in [0.05, 0.1) is 17.5 Å². The van der Waals surface area contributed by atoms with Gasteiger partial charge in [-0.25, -0.2) is 4.98 Å². The molecule has 4 rings (SSSR count). The van der Waals surface area contributed by atoms with Crippen LogP contribution < -0.4 is 0 Å². The van der Waals surface area contributed by atoms with Crippen LogP contribution in [0.2, 0.25) is 0 Å². The van der Waals surface area contributed by atoms with Gasteiger partial charge in [-0.05, 0) is 31.9 Å². The molecule has 1 aromatic carbocycles. The van der Waals surface area contributed by atoms with E-state index in [1.165, 1.54) is 0 Å². The first-order chi connectivity index (χ1) is 10.2. The second-order valence-corrected chi connectivity index (χ2v) is 5.78. The molecule has 1 N–H and O–H groups in total. The van der Waals surface area contributed by atoms with Crippen molar-refractivity contribution in [1.82, 2.24) is 14.5 Å². The van der Waals surface area contributed by atoms with E-state index in [2.05, 4.69) is 22.1 Å². The largest absolute Gasteiger partial charge is 0.348 e. The van der Waals surface area contributed by atoms with Gasteiger partial charge in [-0.15, -0.1) is 0 Å². The quantitative estimate of drug-likeness (QED) is 0.783. The van der Waals surface area contributed by atoms with E-state index < -0.39 is 0 Å². The SMILES string of the molecule is Cc1[nH]cnc1C[C@H]1CCc2cc3ccccc3n2C1=O. The number of carbonyl (C=O) groups is 1. The van der Waals surface area contributed by atoms with Gasteiger partial charge in [-0.2, -0.15) is 0 Å². The average Bonchev–Trinajstić information content (AvgIpc) is 3.06. The van der Waals surface area contributed by atoms with Crippen LogP contribution in [0.4, 0.5) is 0 Å². The van der Waals surface area contributed by atoms with E-state index in [0.29, 0.717) is 0 Å². The van der Waals surface area contributed by atoms with Gasteiger partial charge in [-0.1, -0.05) is 18.2 Å². The van der Waals surface area contributed by atoms with Crippen molar-refractivity contribution in [2.24, 2.45) is 5.92 Å². The van der Waals surface area contributed by atoms with Crippen LogP contribution >= 0.6 is 0 Å². The number of H-pyrrole nitrogens is 1. The Labute approximate surface area is 122 Å². The van der Waals surface area contributed by atoms with Gasteiger partial charge >= 0.3 is 0 Å². The fraction of sp³-hybridized carbons (Fsp3) is 0.294. The smallest absolute Gasteiger partial charge is 0.234 e. The molecule has 0 spiro atoms. The van der Waals surface area contributed by atoms with Crippen molar-refractivity contribution in [3.8, 4) is 0 Å². The van der Waals surface area contributed by atoms with Crippen molar-refractivity contribution in [3.63, 3.8) is 0 Å². The molecule has 1 atom stereocenters. The first-order valence-corrected chi connectivity index (χ1v) is 7.36. The highest BCUT2D eigenvalue weighted by Crippen LogP contribution is 2.29. The maximum Gasteiger partial charge on any atom is 0.234 e. The number of hydrogen-bond donors (Lipinski definition) is 1. The highest BCUT2D eigenvalue weighted by atomic mass is 16.2. The number of benzene rings is 1. The summed E-state index contributed by atoms with van der Waals surface area (Å²) in [5.74, 6) is 0.232. The van der Waals surface area contributed by atoms with E-state index in [1.807, 2.05) is 29.7 Å². The summed E-state index contributed by atoms with van der Waals surface area (Å²) in [5, 5.41) is 1.15. The Morgan fingerprint density at radius 3 is 3.05 bits per heavy atom. The van der Waals surface area contributed by atoms with Crippen LogP contribution in [0.25, 0.3) is 10.9 Å². The number of aromatic nitrogens is 3. The van der Waals surface area contributed by atoms with Gasteiger partial charge in [0, 0.05) is 29.1 Å². The van der Waals surface area contributed by atoms with Crippen LogP contribution in [0, 0.1) is 12.8 Å². The standard InChI is InChI=1S/C17H17N3O/c1-11-15(19-10-18-11)9-13-6-7-14-8-12-4-2-3-5-16(12)20(14)17(13)21/h2-5,8,10,13H,6-7,9H2,1H3,(H,18,19)/t13-/m1/s1. The Kier molecular flexibility index (Phi) is 2.70.